The maximum absolute atomic E-state index is 5.28. The number of hydrogen-bond acceptors (Lipinski definition) is 3. The summed E-state index contributed by atoms with van der Waals surface area (Å²) in [6.07, 6.45) is 0. The molecule has 58 valence electrons. The largest absolute Gasteiger partial charge is 0.321 e. The number of nitrogen functional groups attached to an aromatic ring is 1. The number of aromatic nitrogens is 3. The molecule has 0 radical (unpaired) electrons. The predicted molar refractivity (Wildman–Crippen MR) is 41.0 cm³/mol. The molecule has 0 amide bonds. The van der Waals surface area contributed by atoms with Crippen molar-refractivity contribution in [2.24, 2.45) is 0 Å². The third-order valence-electron chi connectivity index (χ3n) is 0.908. The second kappa shape index (κ2) is 3.87. The van der Waals surface area contributed by atoms with Crippen molar-refractivity contribution in [3.8, 4) is 0 Å². The predicted octanol–water partition coefficient (Wildman–Crippen LogP) is 0.635. The van der Waals surface area contributed by atoms with Crippen LogP contribution in [0.25, 0.3) is 0 Å². The molecule has 0 aliphatic heterocycles. The van der Waals surface area contributed by atoms with Gasteiger partial charge in [0.05, 0.1) is 0 Å². The molecule has 0 atom stereocenters. The standard InChI is InChI=1S/C4H8N4.C2H6/c1-3-6-4(2)8(5)7-3;1-2/h5H2,1-2H3;1-2H3. The zero-order valence-electron chi connectivity index (χ0n) is 6.92. The summed E-state index contributed by atoms with van der Waals surface area (Å²) in [7, 11) is 0. The van der Waals surface area contributed by atoms with Gasteiger partial charge in [0.2, 0.25) is 0 Å². The smallest absolute Gasteiger partial charge is 0.149 e. The van der Waals surface area contributed by atoms with Crippen LogP contribution in [0, 0.1) is 13.8 Å². The van der Waals surface area contributed by atoms with Crippen LogP contribution in [0.2, 0.25) is 0 Å². The fraction of sp³-hybridized carbons (Fsp3) is 0.667. The molecule has 2 N–H and O–H groups in total. The molecule has 1 heterocycles. The summed E-state index contributed by atoms with van der Waals surface area (Å²) in [5, 5.41) is 3.79. The Hall–Kier alpha value is -1.06. The number of nitrogens with zero attached hydrogens (tertiary/aromatic N) is 3. The Bertz CT molecular complexity index is 172. The summed E-state index contributed by atoms with van der Waals surface area (Å²) in [4.78, 5) is 5.20. The molecule has 0 unspecified atom stereocenters. The van der Waals surface area contributed by atoms with Gasteiger partial charge in [0.15, 0.2) is 0 Å². The van der Waals surface area contributed by atoms with Gasteiger partial charge < -0.3 is 5.84 Å². The molecule has 0 aliphatic carbocycles. The molecule has 4 heteroatoms. The normalized spacial score (nSPS) is 8.40. The zero-order valence-corrected chi connectivity index (χ0v) is 6.92. The summed E-state index contributed by atoms with van der Waals surface area (Å²) in [6, 6.07) is 0. The van der Waals surface area contributed by atoms with E-state index in [2.05, 4.69) is 10.1 Å². The average Bonchev–Trinajstić information content (AvgIpc) is 2.16. The molecule has 0 saturated carbocycles. The van der Waals surface area contributed by atoms with Crippen molar-refractivity contribution in [1.29, 1.82) is 0 Å². The first-order chi connectivity index (χ1) is 4.70. The highest BCUT2D eigenvalue weighted by Gasteiger charge is 1.94. The Morgan fingerprint density at radius 2 is 1.80 bits per heavy atom. The lowest BCUT2D eigenvalue weighted by atomic mass is 10.7. The quantitative estimate of drug-likeness (QED) is 0.541. The molecule has 0 aliphatic rings. The summed E-state index contributed by atoms with van der Waals surface area (Å²) in [6.45, 7) is 7.61. The molecule has 0 aromatic carbocycles. The first-order valence-electron chi connectivity index (χ1n) is 3.35. The van der Waals surface area contributed by atoms with Crippen LogP contribution in [0.3, 0.4) is 0 Å². The van der Waals surface area contributed by atoms with Crippen molar-refractivity contribution in [3.63, 3.8) is 0 Å². The van der Waals surface area contributed by atoms with Crippen molar-refractivity contribution in [2.75, 3.05) is 5.84 Å². The van der Waals surface area contributed by atoms with Crippen LogP contribution in [-0.4, -0.2) is 14.9 Å². The second-order valence-corrected chi connectivity index (χ2v) is 1.65. The topological polar surface area (TPSA) is 56.7 Å². The minimum Gasteiger partial charge on any atom is -0.321 e. The van der Waals surface area contributed by atoms with Crippen LogP contribution in [0.15, 0.2) is 0 Å². The Kier molecular flexibility index (Phi) is 3.46. The van der Waals surface area contributed by atoms with Gasteiger partial charge in [-0.1, -0.05) is 13.8 Å². The van der Waals surface area contributed by atoms with E-state index in [1.54, 1.807) is 13.8 Å². The van der Waals surface area contributed by atoms with E-state index >= 15 is 0 Å². The highest BCUT2D eigenvalue weighted by molar-refractivity contribution is 4.86. The molecular weight excluding hydrogens is 128 g/mol. The van der Waals surface area contributed by atoms with E-state index in [1.165, 1.54) is 4.79 Å². The molecular formula is C6H14N4. The fourth-order valence-corrected chi connectivity index (χ4v) is 0.536. The average molecular weight is 142 g/mol. The SMILES string of the molecule is CC.Cc1nc(C)n(N)n1. The van der Waals surface area contributed by atoms with Crippen LogP contribution in [0.4, 0.5) is 0 Å². The number of rotatable bonds is 0. The molecule has 0 spiro atoms. The Balaban J connectivity index is 0.000000371. The van der Waals surface area contributed by atoms with Crippen molar-refractivity contribution in [2.45, 2.75) is 27.7 Å². The maximum atomic E-state index is 5.28. The van der Waals surface area contributed by atoms with E-state index in [0.717, 1.165) is 5.82 Å². The van der Waals surface area contributed by atoms with E-state index in [-0.39, 0.29) is 0 Å². The van der Waals surface area contributed by atoms with Gasteiger partial charge in [-0.25, -0.2) is 4.98 Å². The lowest BCUT2D eigenvalue weighted by Gasteiger charge is -1.85. The van der Waals surface area contributed by atoms with E-state index < -0.39 is 0 Å². The van der Waals surface area contributed by atoms with Gasteiger partial charge in [0.25, 0.3) is 0 Å². The van der Waals surface area contributed by atoms with Crippen LogP contribution >= 0.6 is 0 Å². The van der Waals surface area contributed by atoms with Gasteiger partial charge >= 0.3 is 0 Å². The van der Waals surface area contributed by atoms with Crippen molar-refractivity contribution < 1.29 is 0 Å². The first kappa shape index (κ1) is 8.94. The molecule has 10 heavy (non-hydrogen) atoms. The minimum atomic E-state index is 0.713. The van der Waals surface area contributed by atoms with E-state index in [9.17, 15) is 0 Å². The lowest BCUT2D eigenvalue weighted by molar-refractivity contribution is 0.786. The Morgan fingerprint density at radius 1 is 1.30 bits per heavy atom. The van der Waals surface area contributed by atoms with E-state index in [0.29, 0.717) is 5.82 Å². The fourth-order valence-electron chi connectivity index (χ4n) is 0.536. The molecule has 1 aromatic heterocycles. The number of nitrogens with two attached hydrogens (primary N) is 1. The summed E-state index contributed by atoms with van der Waals surface area (Å²) < 4.78 is 0. The summed E-state index contributed by atoms with van der Waals surface area (Å²) in [5.74, 6) is 6.74. The molecule has 1 aromatic rings. The summed E-state index contributed by atoms with van der Waals surface area (Å²) in [5.41, 5.74) is 0. The highest BCUT2D eigenvalue weighted by atomic mass is 15.5. The molecule has 0 fully saturated rings. The van der Waals surface area contributed by atoms with E-state index in [4.69, 9.17) is 5.84 Å². The van der Waals surface area contributed by atoms with Gasteiger partial charge in [-0.2, -0.15) is 4.79 Å². The van der Waals surface area contributed by atoms with Gasteiger partial charge in [0, 0.05) is 0 Å². The van der Waals surface area contributed by atoms with Gasteiger partial charge in [-0.05, 0) is 13.8 Å². The minimum absolute atomic E-state index is 0.713. The van der Waals surface area contributed by atoms with E-state index in [1.807, 2.05) is 13.8 Å². The molecule has 1 rings (SSSR count). The summed E-state index contributed by atoms with van der Waals surface area (Å²) >= 11 is 0. The van der Waals surface area contributed by atoms with Crippen LogP contribution < -0.4 is 5.84 Å². The van der Waals surface area contributed by atoms with Crippen LogP contribution in [0.1, 0.15) is 25.5 Å². The maximum Gasteiger partial charge on any atom is 0.149 e. The third-order valence-corrected chi connectivity index (χ3v) is 0.908. The molecule has 4 nitrogen and oxygen atoms in total. The van der Waals surface area contributed by atoms with Gasteiger partial charge in [-0.15, -0.1) is 5.10 Å². The molecule has 0 saturated heterocycles. The van der Waals surface area contributed by atoms with Crippen LogP contribution in [0.5, 0.6) is 0 Å². The number of aryl methyl sites for hydroxylation is 2. The first-order valence-corrected chi connectivity index (χ1v) is 3.35. The Morgan fingerprint density at radius 3 is 1.90 bits per heavy atom. The third kappa shape index (κ3) is 2.05. The van der Waals surface area contributed by atoms with Gasteiger partial charge in [-0.3, -0.25) is 0 Å². The highest BCUT2D eigenvalue weighted by Crippen LogP contribution is 1.87. The second-order valence-electron chi connectivity index (χ2n) is 1.65. The monoisotopic (exact) mass is 142 g/mol. The van der Waals surface area contributed by atoms with Crippen molar-refractivity contribution in [1.82, 2.24) is 14.9 Å². The number of hydrogen-bond donors (Lipinski definition) is 1. The molecule has 0 bridgehead atoms. The van der Waals surface area contributed by atoms with Gasteiger partial charge in [0.1, 0.15) is 11.6 Å². The lowest BCUT2D eigenvalue weighted by Crippen LogP contribution is -2.11. The van der Waals surface area contributed by atoms with Crippen molar-refractivity contribution in [3.05, 3.63) is 11.6 Å². The zero-order chi connectivity index (χ0) is 8.15. The Labute approximate surface area is 61.0 Å². The van der Waals surface area contributed by atoms with Crippen molar-refractivity contribution >= 4 is 0 Å². The van der Waals surface area contributed by atoms with Crippen LogP contribution in [-0.2, 0) is 0 Å².